The van der Waals surface area contributed by atoms with Crippen molar-refractivity contribution < 1.29 is 57.1 Å². The van der Waals surface area contributed by atoms with Crippen LogP contribution in [-0.4, -0.2) is 155 Å². The maximum atomic E-state index is 11.9. The average Bonchev–Trinajstić information content (AvgIpc) is 3.60. The van der Waals surface area contributed by atoms with Crippen LogP contribution >= 0.6 is 0 Å². The molecular formula is C28H41N5O12. The van der Waals surface area contributed by atoms with E-state index in [0.29, 0.717) is 104 Å². The number of hydrogen-bond acceptors (Lipinski definition) is 15. The Bertz CT molecular complexity index is 1150. The van der Waals surface area contributed by atoms with Crippen molar-refractivity contribution in [3.8, 4) is 0 Å². The molecule has 0 unspecified atom stereocenters. The van der Waals surface area contributed by atoms with Gasteiger partial charge >= 0.3 is 5.97 Å². The third-order valence-corrected chi connectivity index (χ3v) is 5.78. The van der Waals surface area contributed by atoms with E-state index in [4.69, 9.17) is 42.7 Å². The summed E-state index contributed by atoms with van der Waals surface area (Å²) in [6.45, 7) is 6.61. The monoisotopic (exact) mass is 639 g/mol. The molecule has 17 heteroatoms. The minimum Gasteiger partial charge on any atom is -0.378 e. The Kier molecular flexibility index (Phi) is 18.4. The highest BCUT2D eigenvalue weighted by molar-refractivity contribution is 6.12. The summed E-state index contributed by atoms with van der Waals surface area (Å²) < 4.78 is 43.3. The predicted molar refractivity (Wildman–Crippen MR) is 154 cm³/mol. The summed E-state index contributed by atoms with van der Waals surface area (Å²) in [7, 11) is 0. The van der Waals surface area contributed by atoms with Crippen LogP contribution in [0.1, 0.15) is 6.42 Å². The van der Waals surface area contributed by atoms with Crippen LogP contribution < -0.4 is 4.84 Å². The Morgan fingerprint density at radius 3 is 1.56 bits per heavy atom. The van der Waals surface area contributed by atoms with Crippen molar-refractivity contribution in [3.05, 3.63) is 30.5 Å². The minimum atomic E-state index is -0.507. The zero-order chi connectivity index (χ0) is 31.8. The number of pyridine rings is 1. The van der Waals surface area contributed by atoms with Gasteiger partial charge in [0.25, 0.3) is 11.8 Å². The molecule has 250 valence electrons. The summed E-state index contributed by atoms with van der Waals surface area (Å²) in [6.07, 6.45) is 4.12. The number of nitrogens with zero attached hydrogens (tertiary/aromatic N) is 5. The zero-order valence-electron chi connectivity index (χ0n) is 25.2. The number of imide groups is 1. The molecule has 45 heavy (non-hydrogen) atoms. The van der Waals surface area contributed by atoms with Crippen LogP contribution in [0.2, 0.25) is 0 Å². The van der Waals surface area contributed by atoms with Gasteiger partial charge in [-0.2, -0.15) is 0 Å². The highest BCUT2D eigenvalue weighted by Gasteiger charge is 2.22. The van der Waals surface area contributed by atoms with Crippen molar-refractivity contribution in [2.75, 3.05) is 112 Å². The van der Waals surface area contributed by atoms with E-state index in [1.54, 1.807) is 18.3 Å². The molecule has 3 heterocycles. The molecule has 0 bridgehead atoms. The van der Waals surface area contributed by atoms with E-state index in [0.717, 1.165) is 9.75 Å². The van der Waals surface area contributed by atoms with Crippen LogP contribution in [0.25, 0.3) is 11.2 Å². The highest BCUT2D eigenvalue weighted by atomic mass is 16.7. The topological polar surface area (TPSA) is 181 Å². The van der Waals surface area contributed by atoms with Gasteiger partial charge in [0.05, 0.1) is 119 Å². The molecule has 0 fully saturated rings. The van der Waals surface area contributed by atoms with Gasteiger partial charge in [0.2, 0.25) is 5.65 Å². The molecule has 3 rings (SSSR count). The molecule has 1 aliphatic rings. The van der Waals surface area contributed by atoms with Crippen LogP contribution in [0, 0.1) is 0 Å². The Morgan fingerprint density at radius 2 is 1.07 bits per heavy atom. The van der Waals surface area contributed by atoms with Gasteiger partial charge < -0.3 is 42.7 Å². The van der Waals surface area contributed by atoms with Crippen molar-refractivity contribution in [1.82, 2.24) is 25.0 Å². The second-order valence-electron chi connectivity index (χ2n) is 9.08. The van der Waals surface area contributed by atoms with E-state index < -0.39 is 5.97 Å². The van der Waals surface area contributed by atoms with Crippen molar-refractivity contribution in [2.24, 2.45) is 0 Å². The van der Waals surface area contributed by atoms with Crippen LogP contribution in [0.4, 0.5) is 0 Å². The first-order chi connectivity index (χ1) is 22.1. The van der Waals surface area contributed by atoms with Crippen molar-refractivity contribution in [2.45, 2.75) is 6.42 Å². The van der Waals surface area contributed by atoms with Crippen molar-refractivity contribution in [3.63, 3.8) is 0 Å². The molecule has 0 radical (unpaired) electrons. The van der Waals surface area contributed by atoms with E-state index >= 15 is 0 Å². The predicted octanol–water partition coefficient (Wildman–Crippen LogP) is -0.771. The summed E-state index contributed by atoms with van der Waals surface area (Å²) in [4.78, 5) is 46.0. The number of carbonyl (C=O) groups excluding carboxylic acids is 3. The van der Waals surface area contributed by atoms with Crippen molar-refractivity contribution >= 4 is 28.9 Å². The van der Waals surface area contributed by atoms with Crippen LogP contribution in [0.3, 0.4) is 0 Å². The Balaban J connectivity index is 0.951. The van der Waals surface area contributed by atoms with E-state index in [1.165, 1.54) is 12.2 Å². The maximum absolute atomic E-state index is 11.9. The van der Waals surface area contributed by atoms with Crippen molar-refractivity contribution in [1.29, 1.82) is 0 Å². The first-order valence-corrected chi connectivity index (χ1v) is 14.7. The molecule has 0 aromatic carbocycles. The highest BCUT2D eigenvalue weighted by Crippen LogP contribution is 2.05. The second kappa shape index (κ2) is 23.0. The number of amides is 2. The minimum absolute atomic E-state index is 0.0561. The largest absolute Gasteiger partial charge is 0.378 e. The molecule has 17 nitrogen and oxygen atoms in total. The molecule has 0 N–H and O–H groups in total. The molecule has 0 atom stereocenters. The lowest BCUT2D eigenvalue weighted by Crippen LogP contribution is -2.33. The first-order valence-electron chi connectivity index (χ1n) is 14.7. The van der Waals surface area contributed by atoms with Gasteiger partial charge in [0.1, 0.15) is 5.52 Å². The second-order valence-corrected chi connectivity index (χ2v) is 9.08. The molecule has 0 spiro atoms. The fourth-order valence-electron chi connectivity index (χ4n) is 3.55. The number of carbonyl (C=O) groups is 3. The summed E-state index contributed by atoms with van der Waals surface area (Å²) >= 11 is 0. The number of ether oxygens (including phenoxy) is 8. The van der Waals surface area contributed by atoms with Crippen LogP contribution in [-0.2, 0) is 52.3 Å². The first kappa shape index (κ1) is 36.1. The quantitative estimate of drug-likeness (QED) is 0.0643. The number of fused-ring (bicyclic) bond motifs is 1. The fraction of sp³-hybridized carbons (Fsp3) is 0.643. The lowest BCUT2D eigenvalue weighted by molar-refractivity contribution is -0.147. The van der Waals surface area contributed by atoms with Gasteiger partial charge in [0.15, 0.2) is 0 Å². The number of rotatable bonds is 28. The molecule has 1 aliphatic heterocycles. The molecule has 2 aromatic heterocycles. The molecule has 0 saturated heterocycles. The number of hydrogen-bond donors (Lipinski definition) is 0. The Morgan fingerprint density at radius 1 is 0.622 bits per heavy atom. The lowest BCUT2D eigenvalue weighted by atomic mass is 10.4. The zero-order valence-corrected chi connectivity index (χ0v) is 25.2. The molecule has 2 aromatic rings. The van der Waals surface area contributed by atoms with Crippen LogP contribution in [0.15, 0.2) is 30.5 Å². The summed E-state index contributed by atoms with van der Waals surface area (Å²) in [5.41, 5.74) is 0.898. The van der Waals surface area contributed by atoms with Gasteiger partial charge in [-0.1, -0.05) is 0 Å². The van der Waals surface area contributed by atoms with Gasteiger partial charge in [0, 0.05) is 18.3 Å². The Hall–Kier alpha value is -3.42. The van der Waals surface area contributed by atoms with Gasteiger partial charge in [-0.15, -0.1) is 5.10 Å². The van der Waals surface area contributed by atoms with E-state index in [9.17, 15) is 14.4 Å². The standard InChI is InChI=1S/C28H41N5O12/c34-25-3-4-26(35)32(25)7-9-38-11-13-40-15-17-42-19-21-44-23-22-43-20-18-41-16-14-39-12-10-37-8-5-27(36)45-33-28-24(30-31-33)2-1-6-29-28/h1-4,6H,5,7-23H2. The summed E-state index contributed by atoms with van der Waals surface area (Å²) in [6, 6.07) is 3.44. The summed E-state index contributed by atoms with van der Waals surface area (Å²) in [5.74, 6) is -1.13. The number of aromatic nitrogens is 4. The van der Waals surface area contributed by atoms with Gasteiger partial charge in [-0.3, -0.25) is 14.5 Å². The lowest BCUT2D eigenvalue weighted by Gasteiger charge is -2.13. The summed E-state index contributed by atoms with van der Waals surface area (Å²) in [5, 5.41) is 7.60. The normalized spacial score (nSPS) is 13.0. The molecule has 2 amide bonds. The average molecular weight is 640 g/mol. The molecule has 0 aliphatic carbocycles. The SMILES string of the molecule is O=C(CCOCCOCCOCCOCCOCCOCCOCCOCCN1C(=O)C=CC1=O)On1nnc2cccnc21. The van der Waals surface area contributed by atoms with E-state index in [2.05, 4.69) is 15.3 Å². The van der Waals surface area contributed by atoms with Gasteiger partial charge in [-0.25, -0.2) is 9.78 Å². The molecule has 0 saturated carbocycles. The Labute approximate surface area is 260 Å². The molecular weight excluding hydrogens is 598 g/mol. The third-order valence-electron chi connectivity index (χ3n) is 5.78. The smallest absolute Gasteiger partial charge is 0.337 e. The van der Waals surface area contributed by atoms with E-state index in [1.807, 2.05) is 0 Å². The third kappa shape index (κ3) is 15.4. The maximum Gasteiger partial charge on any atom is 0.337 e. The van der Waals surface area contributed by atoms with Crippen LogP contribution in [0.5, 0.6) is 0 Å². The van der Waals surface area contributed by atoms with E-state index in [-0.39, 0.29) is 38.0 Å². The fourth-order valence-corrected chi connectivity index (χ4v) is 3.55. The van der Waals surface area contributed by atoms with Gasteiger partial charge in [-0.05, 0) is 22.2 Å².